The molecule has 1 spiro atoms. The molecule has 2 aromatic rings. The van der Waals surface area contributed by atoms with Gasteiger partial charge in [-0.05, 0) is 37.8 Å². The lowest BCUT2D eigenvalue weighted by Gasteiger charge is -2.43. The van der Waals surface area contributed by atoms with Crippen LogP contribution in [0, 0.1) is 0 Å². The molecule has 1 saturated heterocycles. The number of benzene rings is 1. The van der Waals surface area contributed by atoms with Gasteiger partial charge in [-0.2, -0.15) is 0 Å². The molecule has 2 heterocycles. The van der Waals surface area contributed by atoms with Crippen LogP contribution in [0.2, 0.25) is 0 Å². The van der Waals surface area contributed by atoms with Crippen molar-refractivity contribution in [1.82, 2.24) is 9.97 Å². The van der Waals surface area contributed by atoms with Gasteiger partial charge < -0.3 is 10.1 Å². The average molecular weight is 347 g/mol. The SMILES string of the molecule is FC(F)c1nc(NC2CCOC3(CCCCC3)C2)c2ccccc2n1. The third-order valence-corrected chi connectivity index (χ3v) is 5.41. The van der Waals surface area contributed by atoms with Gasteiger partial charge >= 0.3 is 0 Å². The summed E-state index contributed by atoms with van der Waals surface area (Å²) >= 11 is 0. The van der Waals surface area contributed by atoms with E-state index in [1.165, 1.54) is 19.3 Å². The Kier molecular flexibility index (Phi) is 4.54. The molecule has 1 aliphatic heterocycles. The van der Waals surface area contributed by atoms with E-state index in [9.17, 15) is 8.78 Å². The third-order valence-electron chi connectivity index (χ3n) is 5.41. The summed E-state index contributed by atoms with van der Waals surface area (Å²) in [6, 6.07) is 7.50. The number of anilines is 1. The highest BCUT2D eigenvalue weighted by atomic mass is 19.3. The summed E-state index contributed by atoms with van der Waals surface area (Å²) in [4.78, 5) is 8.10. The fraction of sp³-hybridized carbons (Fsp3) is 0.579. The second-order valence-electron chi connectivity index (χ2n) is 7.17. The number of halogens is 2. The van der Waals surface area contributed by atoms with Gasteiger partial charge in [0.2, 0.25) is 0 Å². The summed E-state index contributed by atoms with van der Waals surface area (Å²) < 4.78 is 32.5. The van der Waals surface area contributed by atoms with E-state index in [0.717, 1.165) is 31.1 Å². The Balaban J connectivity index is 1.61. The van der Waals surface area contributed by atoms with Crippen LogP contribution in [0.15, 0.2) is 24.3 Å². The predicted octanol–water partition coefficient (Wildman–Crippen LogP) is 4.86. The lowest BCUT2D eigenvalue weighted by molar-refractivity contribution is -0.103. The standard InChI is InChI=1S/C19H23F2N3O/c20-16(21)18-23-15-7-3-2-6-14(15)17(24-18)22-13-8-11-25-19(12-13)9-4-1-5-10-19/h2-3,6-7,13,16H,1,4-5,8-12H2,(H,22,23,24). The van der Waals surface area contributed by atoms with Gasteiger partial charge in [0.25, 0.3) is 6.43 Å². The number of hydrogen-bond acceptors (Lipinski definition) is 4. The zero-order valence-electron chi connectivity index (χ0n) is 14.2. The molecule has 25 heavy (non-hydrogen) atoms. The highest BCUT2D eigenvalue weighted by molar-refractivity contribution is 5.89. The molecule has 1 aromatic heterocycles. The van der Waals surface area contributed by atoms with Crippen molar-refractivity contribution in [2.45, 2.75) is 63.0 Å². The topological polar surface area (TPSA) is 47.0 Å². The van der Waals surface area contributed by atoms with Gasteiger partial charge in [0.15, 0.2) is 5.82 Å². The Bertz CT molecular complexity index is 741. The second kappa shape index (κ2) is 6.83. The number of para-hydroxylation sites is 1. The zero-order valence-corrected chi connectivity index (χ0v) is 14.2. The van der Waals surface area contributed by atoms with Crippen LogP contribution in [0.4, 0.5) is 14.6 Å². The highest BCUT2D eigenvalue weighted by Gasteiger charge is 2.38. The van der Waals surface area contributed by atoms with E-state index >= 15 is 0 Å². The van der Waals surface area contributed by atoms with Crippen molar-refractivity contribution in [3.63, 3.8) is 0 Å². The predicted molar refractivity (Wildman–Crippen MR) is 92.9 cm³/mol. The number of nitrogens with zero attached hydrogens (tertiary/aromatic N) is 2. The Morgan fingerprint density at radius 3 is 2.72 bits per heavy atom. The van der Waals surface area contributed by atoms with Crippen molar-refractivity contribution >= 4 is 16.7 Å². The molecule has 1 N–H and O–H groups in total. The van der Waals surface area contributed by atoms with Crippen LogP contribution < -0.4 is 5.32 Å². The number of hydrogen-bond donors (Lipinski definition) is 1. The molecule has 6 heteroatoms. The molecule has 1 atom stereocenters. The van der Waals surface area contributed by atoms with E-state index < -0.39 is 12.2 Å². The van der Waals surface area contributed by atoms with E-state index in [0.29, 0.717) is 17.9 Å². The quantitative estimate of drug-likeness (QED) is 0.861. The van der Waals surface area contributed by atoms with E-state index in [1.807, 2.05) is 12.1 Å². The number of rotatable bonds is 3. The number of aromatic nitrogens is 2. The first kappa shape index (κ1) is 16.6. The number of nitrogens with one attached hydrogen (secondary N) is 1. The smallest absolute Gasteiger partial charge is 0.297 e. The van der Waals surface area contributed by atoms with Crippen LogP contribution in [0.5, 0.6) is 0 Å². The van der Waals surface area contributed by atoms with Crippen molar-refractivity contribution in [3.05, 3.63) is 30.1 Å². The van der Waals surface area contributed by atoms with E-state index in [4.69, 9.17) is 4.74 Å². The molecular weight excluding hydrogens is 324 g/mol. The summed E-state index contributed by atoms with van der Waals surface area (Å²) in [5, 5.41) is 4.21. The normalized spacial score (nSPS) is 23.2. The lowest BCUT2D eigenvalue weighted by atomic mass is 9.78. The molecule has 4 nitrogen and oxygen atoms in total. The van der Waals surface area contributed by atoms with Gasteiger partial charge in [-0.3, -0.25) is 0 Å². The molecule has 4 rings (SSSR count). The summed E-state index contributed by atoms with van der Waals surface area (Å²) in [5.74, 6) is 0.0967. The molecule has 2 fully saturated rings. The molecular formula is C19H23F2N3O. The van der Waals surface area contributed by atoms with E-state index in [1.54, 1.807) is 12.1 Å². The maximum Gasteiger partial charge on any atom is 0.297 e. The molecule has 2 aliphatic rings. The number of ether oxygens (including phenoxy) is 1. The fourth-order valence-corrected chi connectivity index (χ4v) is 4.19. The number of alkyl halides is 2. The van der Waals surface area contributed by atoms with E-state index in [2.05, 4.69) is 15.3 Å². The molecule has 134 valence electrons. The van der Waals surface area contributed by atoms with Crippen LogP contribution >= 0.6 is 0 Å². The van der Waals surface area contributed by atoms with Gasteiger partial charge in [0, 0.05) is 18.0 Å². The second-order valence-corrected chi connectivity index (χ2v) is 7.17. The molecule has 1 unspecified atom stereocenters. The summed E-state index contributed by atoms with van der Waals surface area (Å²) in [7, 11) is 0. The van der Waals surface area contributed by atoms with E-state index in [-0.39, 0.29) is 11.6 Å². The molecule has 0 radical (unpaired) electrons. The highest BCUT2D eigenvalue weighted by Crippen LogP contribution is 2.39. The molecule has 1 aliphatic carbocycles. The monoisotopic (exact) mass is 347 g/mol. The van der Waals surface area contributed by atoms with Crippen LogP contribution in [0.1, 0.15) is 57.2 Å². The Morgan fingerprint density at radius 1 is 1.12 bits per heavy atom. The van der Waals surface area contributed by atoms with Crippen molar-refractivity contribution < 1.29 is 13.5 Å². The van der Waals surface area contributed by atoms with Crippen LogP contribution in [-0.4, -0.2) is 28.2 Å². The van der Waals surface area contributed by atoms with Crippen LogP contribution in [-0.2, 0) is 4.74 Å². The third kappa shape index (κ3) is 3.45. The summed E-state index contributed by atoms with van der Waals surface area (Å²) in [5.41, 5.74) is 0.512. The van der Waals surface area contributed by atoms with Gasteiger partial charge in [-0.25, -0.2) is 18.7 Å². The largest absolute Gasteiger partial charge is 0.375 e. The first-order chi connectivity index (χ1) is 12.2. The van der Waals surface area contributed by atoms with Crippen molar-refractivity contribution in [1.29, 1.82) is 0 Å². The Morgan fingerprint density at radius 2 is 1.92 bits per heavy atom. The summed E-state index contributed by atoms with van der Waals surface area (Å²) in [6.07, 6.45) is 4.98. The van der Waals surface area contributed by atoms with Gasteiger partial charge in [-0.15, -0.1) is 0 Å². The Hall–Kier alpha value is -1.82. The van der Waals surface area contributed by atoms with Gasteiger partial charge in [-0.1, -0.05) is 31.4 Å². The molecule has 0 bridgehead atoms. The molecule has 1 saturated carbocycles. The number of fused-ring (bicyclic) bond motifs is 1. The average Bonchev–Trinajstić information content (AvgIpc) is 2.62. The van der Waals surface area contributed by atoms with Crippen molar-refractivity contribution in [3.8, 4) is 0 Å². The van der Waals surface area contributed by atoms with Crippen molar-refractivity contribution in [2.75, 3.05) is 11.9 Å². The maximum atomic E-state index is 13.2. The molecule has 0 amide bonds. The van der Waals surface area contributed by atoms with Crippen LogP contribution in [0.3, 0.4) is 0 Å². The minimum absolute atomic E-state index is 0.0391. The minimum atomic E-state index is -2.68. The van der Waals surface area contributed by atoms with Crippen molar-refractivity contribution in [2.24, 2.45) is 0 Å². The zero-order chi connectivity index (χ0) is 17.3. The first-order valence-corrected chi connectivity index (χ1v) is 9.11. The fourth-order valence-electron chi connectivity index (χ4n) is 4.19. The maximum absolute atomic E-state index is 13.2. The van der Waals surface area contributed by atoms with Gasteiger partial charge in [0.05, 0.1) is 11.1 Å². The molecule has 1 aromatic carbocycles. The summed E-state index contributed by atoms with van der Waals surface area (Å²) in [6.45, 7) is 0.711. The minimum Gasteiger partial charge on any atom is -0.375 e. The lowest BCUT2D eigenvalue weighted by Crippen LogP contribution is -2.45. The first-order valence-electron chi connectivity index (χ1n) is 9.11. The van der Waals surface area contributed by atoms with Crippen LogP contribution in [0.25, 0.3) is 10.9 Å². The Labute approximate surface area is 146 Å². The van der Waals surface area contributed by atoms with Gasteiger partial charge in [0.1, 0.15) is 5.82 Å².